The number of hydrogen-bond acceptors (Lipinski definition) is 5. The lowest BCUT2D eigenvalue weighted by Crippen LogP contribution is -2.56. The molecule has 2 saturated carbocycles. The Morgan fingerprint density at radius 1 is 1.08 bits per heavy atom. The number of esters is 2. The average molecular weight is 493 g/mol. The van der Waals surface area contributed by atoms with Gasteiger partial charge in [0, 0.05) is 36.4 Å². The molecular weight excluding hydrogens is 452 g/mol. The van der Waals surface area contributed by atoms with Crippen LogP contribution in [0.5, 0.6) is 0 Å². The minimum atomic E-state index is -0.531. The zero-order valence-corrected chi connectivity index (χ0v) is 22.1. The Balaban J connectivity index is 1.52. The van der Waals surface area contributed by atoms with Gasteiger partial charge < -0.3 is 14.2 Å². The number of cyclic esters (lactones) is 2. The molecule has 2 bridgehead atoms. The van der Waals surface area contributed by atoms with Crippen molar-refractivity contribution in [3.63, 3.8) is 0 Å². The van der Waals surface area contributed by atoms with Crippen LogP contribution in [0.4, 0.5) is 0 Å². The molecule has 0 aromatic carbocycles. The normalized spacial score (nSPS) is 38.2. The highest BCUT2D eigenvalue weighted by molar-refractivity contribution is 6.00. The van der Waals surface area contributed by atoms with E-state index in [4.69, 9.17) is 14.2 Å². The molecule has 2 aliphatic heterocycles. The van der Waals surface area contributed by atoms with Crippen LogP contribution < -0.4 is 0 Å². The number of rotatable bonds is 7. The number of unbranched alkanes of at least 4 members (excludes halogenated alkanes) is 1. The molecule has 0 radical (unpaired) electrons. The van der Waals surface area contributed by atoms with Crippen LogP contribution in [-0.4, -0.2) is 25.7 Å². The van der Waals surface area contributed by atoms with E-state index >= 15 is 0 Å². The third-order valence-corrected chi connectivity index (χ3v) is 10.6. The predicted octanol–water partition coefficient (Wildman–Crippen LogP) is 6.70. The van der Waals surface area contributed by atoms with E-state index in [0.29, 0.717) is 6.61 Å². The van der Waals surface area contributed by atoms with Crippen molar-refractivity contribution in [3.05, 3.63) is 46.5 Å². The average Bonchev–Trinajstić information content (AvgIpc) is 3.57. The van der Waals surface area contributed by atoms with Gasteiger partial charge >= 0.3 is 11.9 Å². The van der Waals surface area contributed by atoms with Crippen molar-refractivity contribution in [1.82, 2.24) is 0 Å². The molecule has 3 fully saturated rings. The zero-order chi connectivity index (χ0) is 25.1. The largest absolute Gasteiger partial charge is 0.427 e. The van der Waals surface area contributed by atoms with Crippen molar-refractivity contribution >= 4 is 11.9 Å². The minimum Gasteiger partial charge on any atom is -0.427 e. The Kier molecular flexibility index (Phi) is 5.86. The van der Waals surface area contributed by atoms with E-state index in [-0.39, 0.29) is 34.6 Å². The van der Waals surface area contributed by atoms with Crippen LogP contribution in [0.3, 0.4) is 0 Å². The van der Waals surface area contributed by atoms with Gasteiger partial charge in [0.1, 0.15) is 11.5 Å². The topological polar surface area (TPSA) is 61.8 Å². The first-order valence-electron chi connectivity index (χ1n) is 14.3. The highest BCUT2D eigenvalue weighted by Gasteiger charge is 2.69. The lowest BCUT2D eigenvalue weighted by molar-refractivity contribution is -0.136. The minimum absolute atomic E-state index is 0.0685. The number of methoxy groups -OCH3 is 1. The van der Waals surface area contributed by atoms with Crippen molar-refractivity contribution in [2.45, 2.75) is 90.9 Å². The van der Waals surface area contributed by atoms with Crippen molar-refractivity contribution in [1.29, 1.82) is 0 Å². The summed E-state index contributed by atoms with van der Waals surface area (Å²) in [5.74, 6) is 1.41. The Morgan fingerprint density at radius 2 is 1.89 bits per heavy atom. The molecule has 7 aliphatic rings. The summed E-state index contributed by atoms with van der Waals surface area (Å²) < 4.78 is 17.7. The SMILES string of the molecule is CCC/C=C1\OC(=O)C2=C[C@@]3(CCOC)CC[C@]21[C@H]1C2=C(CC[C@H]13)C(=CC1(CC)CCCC1)OC2=O. The van der Waals surface area contributed by atoms with Crippen LogP contribution in [0.1, 0.15) is 90.9 Å². The molecule has 1 saturated heterocycles. The van der Waals surface area contributed by atoms with Crippen LogP contribution in [0.15, 0.2) is 46.5 Å². The third-order valence-electron chi connectivity index (χ3n) is 10.6. The molecule has 7 rings (SSSR count). The van der Waals surface area contributed by atoms with Crippen molar-refractivity contribution in [2.24, 2.45) is 28.1 Å². The fourth-order valence-electron chi connectivity index (χ4n) is 8.73. The van der Waals surface area contributed by atoms with Gasteiger partial charge in [0.2, 0.25) is 0 Å². The maximum atomic E-state index is 13.7. The summed E-state index contributed by atoms with van der Waals surface area (Å²) in [5.41, 5.74) is 2.21. The Hall–Kier alpha value is -2.14. The molecule has 0 aromatic heterocycles. The number of ether oxygens (including phenoxy) is 3. The summed E-state index contributed by atoms with van der Waals surface area (Å²) in [6.45, 7) is 5.04. The molecule has 0 amide bonds. The van der Waals surface area contributed by atoms with Crippen LogP contribution in [0, 0.1) is 28.1 Å². The fourth-order valence-corrected chi connectivity index (χ4v) is 8.73. The van der Waals surface area contributed by atoms with Crippen LogP contribution in [-0.2, 0) is 23.8 Å². The molecule has 5 heteroatoms. The molecule has 194 valence electrons. The van der Waals surface area contributed by atoms with Crippen LogP contribution in [0.2, 0.25) is 0 Å². The standard InChI is InChI=1S/C31H40O5/c1-4-6-9-24-31-15-14-30(16-17-34-3,18-22(31)27(32)36-24)21-11-10-20-23(35-28(33)25(20)26(21)31)19-29(5-2)12-7-8-13-29/h9,18-19,21,26H,4-8,10-17H2,1-3H3/b23-19?,24-9-/t21-,26-,30+,31+/m1/s1. The molecule has 0 unspecified atom stereocenters. The Labute approximate surface area is 215 Å². The molecular formula is C31H40O5. The lowest BCUT2D eigenvalue weighted by Gasteiger charge is -2.60. The lowest BCUT2D eigenvalue weighted by atomic mass is 9.41. The predicted molar refractivity (Wildman–Crippen MR) is 136 cm³/mol. The van der Waals surface area contributed by atoms with E-state index in [2.05, 4.69) is 32.1 Å². The zero-order valence-electron chi connectivity index (χ0n) is 22.1. The quantitative estimate of drug-likeness (QED) is 0.370. The third kappa shape index (κ3) is 3.23. The molecule has 4 atom stereocenters. The monoisotopic (exact) mass is 492 g/mol. The van der Waals surface area contributed by atoms with Crippen LogP contribution in [0.25, 0.3) is 0 Å². The number of hydrogen-bond donors (Lipinski definition) is 0. The van der Waals surface area contributed by atoms with E-state index < -0.39 is 5.41 Å². The van der Waals surface area contributed by atoms with Crippen molar-refractivity contribution < 1.29 is 23.8 Å². The van der Waals surface area contributed by atoms with Gasteiger partial charge in [0.25, 0.3) is 0 Å². The molecule has 36 heavy (non-hydrogen) atoms. The second kappa shape index (κ2) is 8.72. The molecule has 1 spiro atoms. The first-order chi connectivity index (χ1) is 17.4. The highest BCUT2D eigenvalue weighted by Crippen LogP contribution is 2.72. The number of fused-ring (bicyclic) bond motifs is 1. The number of allylic oxidation sites excluding steroid dienone is 5. The van der Waals surface area contributed by atoms with Gasteiger partial charge in [-0.1, -0.05) is 39.2 Å². The van der Waals surface area contributed by atoms with Crippen molar-refractivity contribution in [2.75, 3.05) is 13.7 Å². The van der Waals surface area contributed by atoms with Gasteiger partial charge in [-0.05, 0) is 86.7 Å². The first kappa shape index (κ1) is 24.2. The molecule has 5 nitrogen and oxygen atoms in total. The van der Waals surface area contributed by atoms with Gasteiger partial charge in [0.15, 0.2) is 0 Å². The van der Waals surface area contributed by atoms with Gasteiger partial charge in [-0.2, -0.15) is 0 Å². The van der Waals surface area contributed by atoms with E-state index in [1.165, 1.54) is 25.7 Å². The summed E-state index contributed by atoms with van der Waals surface area (Å²) in [7, 11) is 1.74. The number of carbonyl (C=O) groups is 2. The van der Waals surface area contributed by atoms with E-state index in [0.717, 1.165) is 79.6 Å². The molecule has 0 N–H and O–H groups in total. The number of carbonyl (C=O) groups excluding carboxylic acids is 2. The maximum absolute atomic E-state index is 13.7. The smallest absolute Gasteiger partial charge is 0.340 e. The summed E-state index contributed by atoms with van der Waals surface area (Å²) in [5, 5.41) is 0. The second-order valence-electron chi connectivity index (χ2n) is 12.1. The maximum Gasteiger partial charge on any atom is 0.340 e. The summed E-state index contributed by atoms with van der Waals surface area (Å²) in [6.07, 6.45) is 19.0. The Bertz CT molecular complexity index is 1100. The fraction of sp³-hybridized carbons (Fsp3) is 0.677. The van der Waals surface area contributed by atoms with Gasteiger partial charge in [-0.3, -0.25) is 0 Å². The summed E-state index contributed by atoms with van der Waals surface area (Å²) in [4.78, 5) is 27.0. The highest BCUT2D eigenvalue weighted by atomic mass is 16.5. The molecule has 0 aromatic rings. The van der Waals surface area contributed by atoms with Gasteiger partial charge in [-0.15, -0.1) is 0 Å². The van der Waals surface area contributed by atoms with Crippen LogP contribution >= 0.6 is 0 Å². The Morgan fingerprint density at radius 3 is 2.61 bits per heavy atom. The van der Waals surface area contributed by atoms with E-state index in [1.807, 2.05) is 0 Å². The van der Waals surface area contributed by atoms with Gasteiger partial charge in [-0.25, -0.2) is 9.59 Å². The second-order valence-corrected chi connectivity index (χ2v) is 12.1. The van der Waals surface area contributed by atoms with E-state index in [9.17, 15) is 9.59 Å². The molecule has 5 aliphatic carbocycles. The summed E-state index contributed by atoms with van der Waals surface area (Å²) >= 11 is 0. The molecule has 2 heterocycles. The van der Waals surface area contributed by atoms with Gasteiger partial charge in [0.05, 0.1) is 5.41 Å². The van der Waals surface area contributed by atoms with Crippen molar-refractivity contribution in [3.8, 4) is 0 Å². The van der Waals surface area contributed by atoms with E-state index in [1.54, 1.807) is 7.11 Å². The summed E-state index contributed by atoms with van der Waals surface area (Å²) in [6, 6.07) is 0. The first-order valence-corrected chi connectivity index (χ1v) is 14.3.